The van der Waals surface area contributed by atoms with E-state index in [1.165, 1.54) is 82.0 Å². The van der Waals surface area contributed by atoms with E-state index in [2.05, 4.69) is 194 Å². The van der Waals surface area contributed by atoms with Crippen molar-refractivity contribution in [1.82, 2.24) is 9.97 Å². The number of aromatic nitrogens is 2. The molecule has 0 saturated carbocycles. The third-order valence-corrected chi connectivity index (χ3v) is 12.0. The SMILES string of the molecule is c1ccc(-c2cc(-c3ccc4c5ccccc5c5nc6ccccc6nc5c4c3)c(-c3ccccc3)cc2-c2ccc3c4ccccc4c4ccccc4c3c2)cc1. The van der Waals surface area contributed by atoms with Crippen LogP contribution >= 0.6 is 0 Å². The van der Waals surface area contributed by atoms with E-state index in [0.29, 0.717) is 0 Å². The van der Waals surface area contributed by atoms with Crippen LogP contribution in [0.3, 0.4) is 0 Å². The van der Waals surface area contributed by atoms with Gasteiger partial charge in [-0.25, -0.2) is 9.97 Å². The molecule has 2 heteroatoms. The van der Waals surface area contributed by atoms with Crippen LogP contribution in [0.25, 0.3) is 120 Å². The molecule has 0 unspecified atom stereocenters. The van der Waals surface area contributed by atoms with Gasteiger partial charge in [-0.3, -0.25) is 0 Å². The minimum Gasteiger partial charge on any atom is -0.244 e. The Labute approximate surface area is 335 Å². The zero-order valence-electron chi connectivity index (χ0n) is 31.5. The van der Waals surface area contributed by atoms with E-state index in [1.54, 1.807) is 0 Å². The van der Waals surface area contributed by atoms with Crippen molar-refractivity contribution in [3.05, 3.63) is 206 Å². The molecule has 2 nitrogen and oxygen atoms in total. The highest BCUT2D eigenvalue weighted by Gasteiger charge is 2.19. The van der Waals surface area contributed by atoms with Crippen LogP contribution in [0.1, 0.15) is 0 Å². The second kappa shape index (κ2) is 12.9. The molecule has 1 aromatic heterocycles. The van der Waals surface area contributed by atoms with Crippen LogP contribution in [0.2, 0.25) is 0 Å². The number of hydrogen-bond acceptors (Lipinski definition) is 2. The molecular formula is C56H34N2. The summed E-state index contributed by atoms with van der Waals surface area (Å²) in [4.78, 5) is 10.5. The summed E-state index contributed by atoms with van der Waals surface area (Å²) in [5.41, 5.74) is 13.1. The Morgan fingerprint density at radius 2 is 0.534 bits per heavy atom. The van der Waals surface area contributed by atoms with Gasteiger partial charge in [-0.2, -0.15) is 0 Å². The first kappa shape index (κ1) is 32.6. The molecule has 58 heavy (non-hydrogen) atoms. The maximum atomic E-state index is 5.29. The summed E-state index contributed by atoms with van der Waals surface area (Å²) < 4.78 is 0. The molecule has 0 aliphatic heterocycles. The second-order valence-electron chi connectivity index (χ2n) is 15.2. The number of benzene rings is 11. The Morgan fingerprint density at radius 1 is 0.207 bits per heavy atom. The molecule has 0 aliphatic rings. The highest BCUT2D eigenvalue weighted by Crippen LogP contribution is 2.45. The van der Waals surface area contributed by atoms with Gasteiger partial charge in [0.15, 0.2) is 0 Å². The number of hydrogen-bond donors (Lipinski definition) is 0. The van der Waals surface area contributed by atoms with E-state index in [4.69, 9.17) is 9.97 Å². The summed E-state index contributed by atoms with van der Waals surface area (Å²) in [6.07, 6.45) is 0. The lowest BCUT2D eigenvalue weighted by molar-refractivity contribution is 1.42. The Balaban J connectivity index is 1.16. The molecule has 0 aliphatic carbocycles. The number of nitrogens with zero attached hydrogens (tertiary/aromatic N) is 2. The molecule has 268 valence electrons. The summed E-state index contributed by atoms with van der Waals surface area (Å²) in [6, 6.07) is 74.9. The van der Waals surface area contributed by atoms with Gasteiger partial charge in [-0.1, -0.05) is 170 Å². The monoisotopic (exact) mass is 734 g/mol. The van der Waals surface area contributed by atoms with Crippen molar-refractivity contribution in [2.45, 2.75) is 0 Å². The van der Waals surface area contributed by atoms with Crippen molar-refractivity contribution < 1.29 is 0 Å². The number of para-hydroxylation sites is 2. The molecule has 0 atom stereocenters. The largest absolute Gasteiger partial charge is 0.244 e. The van der Waals surface area contributed by atoms with E-state index in [-0.39, 0.29) is 0 Å². The van der Waals surface area contributed by atoms with Crippen LogP contribution in [-0.4, -0.2) is 9.97 Å². The van der Waals surface area contributed by atoms with Crippen LogP contribution in [0.4, 0.5) is 0 Å². The van der Waals surface area contributed by atoms with E-state index >= 15 is 0 Å². The first-order valence-electron chi connectivity index (χ1n) is 19.9. The topological polar surface area (TPSA) is 25.8 Å². The normalized spacial score (nSPS) is 11.8. The van der Waals surface area contributed by atoms with Gasteiger partial charge in [-0.15, -0.1) is 0 Å². The van der Waals surface area contributed by atoms with Crippen LogP contribution in [0.15, 0.2) is 206 Å². The number of rotatable bonds is 4. The standard InChI is InChI=1S/C56H34N2/c1-3-15-35(16-4-1)47-34-50(38-28-30-45-42-22-11-12-24-46(42)55-56(52(45)32-38)58-54-26-14-13-25-53(54)57-55)48(36-17-5-2-6-18-36)33-49(47)37-27-29-44-41-21-8-7-19-39(41)40-20-9-10-23-43(40)51(44)31-37/h1-34H. The molecule has 12 aromatic rings. The average molecular weight is 735 g/mol. The summed E-state index contributed by atoms with van der Waals surface area (Å²) in [5.74, 6) is 0. The lowest BCUT2D eigenvalue weighted by Gasteiger charge is -2.20. The molecule has 0 N–H and O–H groups in total. The Morgan fingerprint density at radius 3 is 1.03 bits per heavy atom. The fraction of sp³-hybridized carbons (Fsp3) is 0. The first-order valence-corrected chi connectivity index (χ1v) is 19.9. The third-order valence-electron chi connectivity index (χ3n) is 12.0. The molecule has 0 spiro atoms. The van der Waals surface area contributed by atoms with Crippen molar-refractivity contribution in [1.29, 1.82) is 0 Å². The maximum Gasteiger partial charge on any atom is 0.0979 e. The average Bonchev–Trinajstić information content (AvgIpc) is 3.31. The van der Waals surface area contributed by atoms with Gasteiger partial charge in [0.1, 0.15) is 0 Å². The minimum atomic E-state index is 0.897. The summed E-state index contributed by atoms with van der Waals surface area (Å²) in [5, 5.41) is 12.2. The summed E-state index contributed by atoms with van der Waals surface area (Å²) in [6.45, 7) is 0. The van der Waals surface area contributed by atoms with Crippen LogP contribution < -0.4 is 0 Å². The van der Waals surface area contributed by atoms with E-state index in [9.17, 15) is 0 Å². The van der Waals surface area contributed by atoms with Crippen molar-refractivity contribution in [2.75, 3.05) is 0 Å². The van der Waals surface area contributed by atoms with Gasteiger partial charge in [-0.05, 0) is 124 Å². The number of fused-ring (bicyclic) bond motifs is 13. The van der Waals surface area contributed by atoms with Gasteiger partial charge in [0, 0.05) is 10.8 Å². The van der Waals surface area contributed by atoms with Gasteiger partial charge in [0.05, 0.1) is 22.1 Å². The molecule has 0 fully saturated rings. The fourth-order valence-corrected chi connectivity index (χ4v) is 9.31. The second-order valence-corrected chi connectivity index (χ2v) is 15.2. The highest BCUT2D eigenvalue weighted by molar-refractivity contribution is 6.26. The molecule has 0 amide bonds. The van der Waals surface area contributed by atoms with Crippen LogP contribution in [0.5, 0.6) is 0 Å². The fourth-order valence-electron chi connectivity index (χ4n) is 9.31. The molecule has 11 aromatic carbocycles. The molecule has 0 bridgehead atoms. The van der Waals surface area contributed by atoms with Crippen molar-refractivity contribution in [2.24, 2.45) is 0 Å². The van der Waals surface area contributed by atoms with E-state index in [0.717, 1.165) is 38.4 Å². The zero-order valence-corrected chi connectivity index (χ0v) is 31.5. The Hall–Kier alpha value is -7.68. The maximum absolute atomic E-state index is 5.29. The minimum absolute atomic E-state index is 0.897. The molecule has 12 rings (SSSR count). The zero-order chi connectivity index (χ0) is 38.2. The predicted octanol–water partition coefficient (Wildman–Crippen LogP) is 15.2. The smallest absolute Gasteiger partial charge is 0.0979 e. The van der Waals surface area contributed by atoms with Crippen LogP contribution in [-0.2, 0) is 0 Å². The van der Waals surface area contributed by atoms with E-state index < -0.39 is 0 Å². The predicted molar refractivity (Wildman–Crippen MR) is 246 cm³/mol. The Bertz CT molecular complexity index is 3570. The Kier molecular flexibility index (Phi) is 7.26. The quantitative estimate of drug-likeness (QED) is 0.133. The first-order chi connectivity index (χ1) is 28.8. The van der Waals surface area contributed by atoms with Crippen molar-refractivity contribution in [3.63, 3.8) is 0 Å². The molecular weight excluding hydrogens is 701 g/mol. The van der Waals surface area contributed by atoms with Gasteiger partial charge >= 0.3 is 0 Å². The highest BCUT2D eigenvalue weighted by atomic mass is 14.8. The van der Waals surface area contributed by atoms with Gasteiger partial charge < -0.3 is 0 Å². The van der Waals surface area contributed by atoms with E-state index in [1.807, 2.05) is 12.1 Å². The molecule has 1 heterocycles. The van der Waals surface area contributed by atoms with Crippen molar-refractivity contribution >= 4 is 75.9 Å². The lowest BCUT2D eigenvalue weighted by Crippen LogP contribution is -1.94. The lowest BCUT2D eigenvalue weighted by atomic mass is 9.84. The van der Waals surface area contributed by atoms with Gasteiger partial charge in [0.25, 0.3) is 0 Å². The van der Waals surface area contributed by atoms with Gasteiger partial charge in [0.2, 0.25) is 0 Å². The van der Waals surface area contributed by atoms with Crippen molar-refractivity contribution in [3.8, 4) is 44.5 Å². The molecule has 0 radical (unpaired) electrons. The van der Waals surface area contributed by atoms with Crippen LogP contribution in [0, 0.1) is 0 Å². The molecule has 0 saturated heterocycles. The summed E-state index contributed by atoms with van der Waals surface area (Å²) >= 11 is 0. The third kappa shape index (κ3) is 5.05. The summed E-state index contributed by atoms with van der Waals surface area (Å²) in [7, 11) is 0.